The van der Waals surface area contributed by atoms with Crippen LogP contribution in [0.15, 0.2) is 12.4 Å². The number of hydrogen-bond acceptors (Lipinski definition) is 3. The van der Waals surface area contributed by atoms with E-state index in [-0.39, 0.29) is 11.9 Å². The predicted octanol–water partition coefficient (Wildman–Crippen LogP) is 0.435. The van der Waals surface area contributed by atoms with Crippen molar-refractivity contribution in [1.29, 1.82) is 0 Å². The lowest BCUT2D eigenvalue weighted by Gasteiger charge is -2.14. The van der Waals surface area contributed by atoms with Crippen LogP contribution in [0, 0.1) is 6.92 Å². The lowest BCUT2D eigenvalue weighted by Crippen LogP contribution is -2.42. The highest BCUT2D eigenvalue weighted by Gasteiger charge is 2.13. The van der Waals surface area contributed by atoms with Crippen molar-refractivity contribution in [1.82, 2.24) is 15.1 Å². The van der Waals surface area contributed by atoms with Gasteiger partial charge in [-0.2, -0.15) is 5.10 Å². The predicted molar refractivity (Wildman–Crippen MR) is 62.9 cm³/mol. The minimum Gasteiger partial charge on any atom is -0.368 e. The Kier molecular flexibility index (Phi) is 4.98. The van der Waals surface area contributed by atoms with Gasteiger partial charge in [0.15, 0.2) is 0 Å². The molecule has 5 nitrogen and oxygen atoms in total. The van der Waals surface area contributed by atoms with E-state index in [4.69, 9.17) is 5.73 Å². The summed E-state index contributed by atoms with van der Waals surface area (Å²) in [4.78, 5) is 11.2. The normalized spacial score (nSPS) is 12.6. The summed E-state index contributed by atoms with van der Waals surface area (Å²) in [6, 6.07) is -0.260. The van der Waals surface area contributed by atoms with Gasteiger partial charge in [0.25, 0.3) is 0 Å². The SMILES string of the molecule is CCCNC(CCn1cc(C)cn1)C(N)=O. The fourth-order valence-electron chi connectivity index (χ4n) is 1.51. The number of hydrogen-bond donors (Lipinski definition) is 2. The van der Waals surface area contributed by atoms with Crippen LogP contribution in [0.4, 0.5) is 0 Å². The number of amides is 1. The number of primary amides is 1. The topological polar surface area (TPSA) is 72.9 Å². The van der Waals surface area contributed by atoms with Crippen molar-refractivity contribution in [2.24, 2.45) is 5.73 Å². The van der Waals surface area contributed by atoms with Gasteiger partial charge in [0.1, 0.15) is 0 Å². The Bertz CT molecular complexity index is 334. The highest BCUT2D eigenvalue weighted by atomic mass is 16.1. The molecule has 1 aromatic heterocycles. The number of carbonyl (C=O) groups excluding carboxylic acids is 1. The Labute approximate surface area is 96.0 Å². The molecule has 5 heteroatoms. The summed E-state index contributed by atoms with van der Waals surface area (Å²) >= 11 is 0. The van der Waals surface area contributed by atoms with E-state index >= 15 is 0 Å². The molecular weight excluding hydrogens is 204 g/mol. The van der Waals surface area contributed by atoms with Gasteiger partial charge in [-0.25, -0.2) is 0 Å². The largest absolute Gasteiger partial charge is 0.368 e. The van der Waals surface area contributed by atoms with Crippen LogP contribution in [-0.4, -0.2) is 28.3 Å². The lowest BCUT2D eigenvalue weighted by atomic mass is 10.2. The second-order valence-corrected chi connectivity index (χ2v) is 3.98. The average Bonchev–Trinajstić information content (AvgIpc) is 2.64. The van der Waals surface area contributed by atoms with E-state index < -0.39 is 0 Å². The summed E-state index contributed by atoms with van der Waals surface area (Å²) in [6.45, 7) is 5.57. The van der Waals surface area contributed by atoms with Crippen molar-refractivity contribution in [3.8, 4) is 0 Å². The molecule has 0 aliphatic rings. The van der Waals surface area contributed by atoms with Crippen LogP contribution in [0.3, 0.4) is 0 Å². The summed E-state index contributed by atoms with van der Waals surface area (Å²) in [5.41, 5.74) is 6.44. The van der Waals surface area contributed by atoms with Crippen molar-refractivity contribution in [3.63, 3.8) is 0 Å². The van der Waals surface area contributed by atoms with Crippen LogP contribution >= 0.6 is 0 Å². The third kappa shape index (κ3) is 4.02. The third-order valence-corrected chi connectivity index (χ3v) is 2.39. The van der Waals surface area contributed by atoms with Crippen LogP contribution in [0.1, 0.15) is 25.3 Å². The van der Waals surface area contributed by atoms with Crippen molar-refractivity contribution >= 4 is 5.91 Å². The van der Waals surface area contributed by atoms with Gasteiger partial charge in [-0.15, -0.1) is 0 Å². The van der Waals surface area contributed by atoms with E-state index in [2.05, 4.69) is 17.3 Å². The van der Waals surface area contributed by atoms with Gasteiger partial charge < -0.3 is 11.1 Å². The molecule has 0 radical (unpaired) electrons. The second-order valence-electron chi connectivity index (χ2n) is 3.98. The number of nitrogens with two attached hydrogens (primary N) is 1. The van der Waals surface area contributed by atoms with Gasteiger partial charge in [-0.1, -0.05) is 6.92 Å². The van der Waals surface area contributed by atoms with Crippen molar-refractivity contribution in [3.05, 3.63) is 18.0 Å². The zero-order chi connectivity index (χ0) is 12.0. The standard InChI is InChI=1S/C11H20N4O/c1-3-5-13-10(11(12)16)4-6-15-8-9(2)7-14-15/h7-8,10,13H,3-6H2,1-2H3,(H2,12,16). The van der Waals surface area contributed by atoms with Crippen molar-refractivity contribution < 1.29 is 4.79 Å². The van der Waals surface area contributed by atoms with Gasteiger partial charge in [0.05, 0.1) is 12.2 Å². The molecule has 1 atom stereocenters. The summed E-state index contributed by atoms with van der Waals surface area (Å²) in [5.74, 6) is -0.294. The highest BCUT2D eigenvalue weighted by Crippen LogP contribution is 1.99. The highest BCUT2D eigenvalue weighted by molar-refractivity contribution is 5.79. The number of nitrogens with one attached hydrogen (secondary N) is 1. The van der Waals surface area contributed by atoms with Gasteiger partial charge in [0, 0.05) is 12.7 Å². The number of carbonyl (C=O) groups is 1. The maximum atomic E-state index is 11.2. The fraction of sp³-hybridized carbons (Fsp3) is 0.636. The van der Waals surface area contributed by atoms with Gasteiger partial charge in [-0.3, -0.25) is 9.48 Å². The molecule has 16 heavy (non-hydrogen) atoms. The second kappa shape index (κ2) is 6.27. The van der Waals surface area contributed by atoms with Crippen molar-refractivity contribution in [2.75, 3.05) is 6.54 Å². The van der Waals surface area contributed by atoms with Gasteiger partial charge >= 0.3 is 0 Å². The molecule has 90 valence electrons. The number of rotatable bonds is 7. The van der Waals surface area contributed by atoms with E-state index in [0.717, 1.165) is 18.5 Å². The first-order chi connectivity index (χ1) is 7.63. The first kappa shape index (κ1) is 12.7. The summed E-state index contributed by atoms with van der Waals surface area (Å²) in [7, 11) is 0. The molecule has 1 heterocycles. The first-order valence-corrected chi connectivity index (χ1v) is 5.65. The van der Waals surface area contributed by atoms with Gasteiger partial charge in [0.2, 0.25) is 5.91 Å². The van der Waals surface area contributed by atoms with Crippen molar-refractivity contribution in [2.45, 2.75) is 39.3 Å². The number of nitrogens with zero attached hydrogens (tertiary/aromatic N) is 2. The molecule has 1 amide bonds. The quantitative estimate of drug-likeness (QED) is 0.705. The molecule has 0 aromatic carbocycles. The minimum atomic E-state index is -0.294. The number of aromatic nitrogens is 2. The molecule has 3 N–H and O–H groups in total. The first-order valence-electron chi connectivity index (χ1n) is 5.65. The van der Waals surface area contributed by atoms with E-state index in [9.17, 15) is 4.79 Å². The zero-order valence-electron chi connectivity index (χ0n) is 9.94. The smallest absolute Gasteiger partial charge is 0.234 e. The van der Waals surface area contributed by atoms with E-state index in [1.165, 1.54) is 0 Å². The molecule has 0 saturated carbocycles. The molecule has 0 aliphatic carbocycles. The maximum absolute atomic E-state index is 11.2. The maximum Gasteiger partial charge on any atom is 0.234 e. The third-order valence-electron chi connectivity index (χ3n) is 2.39. The van der Waals surface area contributed by atoms with Crippen LogP contribution in [-0.2, 0) is 11.3 Å². The van der Waals surface area contributed by atoms with E-state index in [1.54, 1.807) is 6.20 Å². The molecule has 1 unspecified atom stereocenters. The van der Waals surface area contributed by atoms with Crippen LogP contribution in [0.25, 0.3) is 0 Å². The molecule has 0 fully saturated rings. The average molecular weight is 224 g/mol. The summed E-state index contributed by atoms with van der Waals surface area (Å²) < 4.78 is 1.83. The molecule has 0 spiro atoms. The van der Waals surface area contributed by atoms with Crippen LogP contribution < -0.4 is 11.1 Å². The Hall–Kier alpha value is -1.36. The monoisotopic (exact) mass is 224 g/mol. The molecule has 1 rings (SSSR count). The fourth-order valence-corrected chi connectivity index (χ4v) is 1.51. The Morgan fingerprint density at radius 3 is 2.94 bits per heavy atom. The van der Waals surface area contributed by atoms with Gasteiger partial charge in [-0.05, 0) is 31.9 Å². The lowest BCUT2D eigenvalue weighted by molar-refractivity contribution is -0.120. The van der Waals surface area contributed by atoms with E-state index in [0.29, 0.717) is 13.0 Å². The Morgan fingerprint density at radius 2 is 2.44 bits per heavy atom. The molecule has 0 bridgehead atoms. The Balaban J connectivity index is 2.40. The molecular formula is C11H20N4O. The van der Waals surface area contributed by atoms with Crippen LogP contribution in [0.5, 0.6) is 0 Å². The van der Waals surface area contributed by atoms with Crippen LogP contribution in [0.2, 0.25) is 0 Å². The van der Waals surface area contributed by atoms with E-state index in [1.807, 2.05) is 17.8 Å². The molecule has 0 saturated heterocycles. The number of aryl methyl sites for hydroxylation is 2. The molecule has 0 aliphatic heterocycles. The molecule has 1 aromatic rings. The zero-order valence-corrected chi connectivity index (χ0v) is 9.94. The minimum absolute atomic E-state index is 0.260. The summed E-state index contributed by atoms with van der Waals surface area (Å²) in [5, 5.41) is 7.29. The Morgan fingerprint density at radius 1 is 1.69 bits per heavy atom. The summed E-state index contributed by atoms with van der Waals surface area (Å²) in [6.07, 6.45) is 5.43.